The van der Waals surface area contributed by atoms with Crippen molar-refractivity contribution < 1.29 is 19.1 Å². The Bertz CT molecular complexity index is 601. The molecule has 0 N–H and O–H groups in total. The molecule has 0 spiro atoms. The summed E-state index contributed by atoms with van der Waals surface area (Å²) in [5.41, 5.74) is 0.831. The van der Waals surface area contributed by atoms with Gasteiger partial charge in [-0.05, 0) is 18.1 Å². The largest absolute Gasteiger partial charge is 0.465 e. The van der Waals surface area contributed by atoms with E-state index < -0.39 is 5.97 Å². The highest BCUT2D eigenvalue weighted by atomic mass is 16.5. The second kappa shape index (κ2) is 7.18. The van der Waals surface area contributed by atoms with E-state index in [4.69, 9.17) is 4.74 Å². The van der Waals surface area contributed by atoms with E-state index in [2.05, 4.69) is 4.74 Å². The third-order valence-electron chi connectivity index (χ3n) is 3.66. The molecular weight excluding hydrogens is 280 g/mol. The predicted octanol–water partition coefficient (Wildman–Crippen LogP) is 2.84. The third kappa shape index (κ3) is 4.15. The Hall–Kier alpha value is -2.20. The van der Waals surface area contributed by atoms with Crippen molar-refractivity contribution in [3.8, 4) is 0 Å². The summed E-state index contributed by atoms with van der Waals surface area (Å²) in [6, 6.07) is 9.93. The second-order valence-corrected chi connectivity index (χ2v) is 5.54. The lowest BCUT2D eigenvalue weighted by atomic mass is 9.80. The first-order chi connectivity index (χ1) is 10.5. The van der Waals surface area contributed by atoms with Crippen LogP contribution in [-0.4, -0.2) is 25.5 Å². The molecular formula is C18H20O4. The molecule has 1 atom stereocenters. The average molecular weight is 300 g/mol. The molecule has 22 heavy (non-hydrogen) atoms. The lowest BCUT2D eigenvalue weighted by Gasteiger charge is -2.25. The molecule has 0 aliphatic heterocycles. The first-order valence-corrected chi connectivity index (χ1v) is 7.20. The van der Waals surface area contributed by atoms with Crippen LogP contribution in [0.4, 0.5) is 0 Å². The molecule has 2 rings (SSSR count). The van der Waals surface area contributed by atoms with Crippen LogP contribution in [-0.2, 0) is 25.7 Å². The lowest BCUT2D eigenvalue weighted by molar-refractivity contribution is -0.137. The molecule has 1 unspecified atom stereocenters. The Labute approximate surface area is 130 Å². The highest BCUT2D eigenvalue weighted by molar-refractivity contribution is 6.22. The third-order valence-corrected chi connectivity index (χ3v) is 3.66. The summed E-state index contributed by atoms with van der Waals surface area (Å²) in [5, 5.41) is 0. The van der Waals surface area contributed by atoms with E-state index in [0.717, 1.165) is 5.56 Å². The second-order valence-electron chi connectivity index (χ2n) is 5.54. The molecule has 0 heterocycles. The number of methoxy groups -OCH3 is 1. The number of ether oxygens (including phenoxy) is 2. The van der Waals surface area contributed by atoms with E-state index in [9.17, 15) is 9.59 Å². The van der Waals surface area contributed by atoms with Crippen molar-refractivity contribution in [3.05, 3.63) is 59.7 Å². The van der Waals surface area contributed by atoms with Crippen molar-refractivity contribution >= 4 is 11.8 Å². The Morgan fingerprint density at radius 2 is 1.95 bits per heavy atom. The Kier molecular flexibility index (Phi) is 5.28. The zero-order valence-electron chi connectivity index (χ0n) is 12.9. The monoisotopic (exact) mass is 300 g/mol. The Balaban J connectivity index is 1.91. The summed E-state index contributed by atoms with van der Waals surface area (Å²) >= 11 is 0. The molecule has 0 aromatic heterocycles. The van der Waals surface area contributed by atoms with Crippen molar-refractivity contribution in [2.24, 2.45) is 5.41 Å². The molecule has 4 heteroatoms. The molecule has 1 aliphatic carbocycles. The highest BCUT2D eigenvalue weighted by Crippen LogP contribution is 2.31. The summed E-state index contributed by atoms with van der Waals surface area (Å²) in [5.74, 6) is -0.902. The molecule has 1 aliphatic rings. The van der Waals surface area contributed by atoms with Crippen molar-refractivity contribution in [1.29, 1.82) is 0 Å². The summed E-state index contributed by atoms with van der Waals surface area (Å²) < 4.78 is 10.3. The van der Waals surface area contributed by atoms with Gasteiger partial charge in [0, 0.05) is 12.0 Å². The van der Waals surface area contributed by atoms with Gasteiger partial charge in [0.1, 0.15) is 5.57 Å². The number of allylic oxidation sites excluding steroid dienone is 3. The summed E-state index contributed by atoms with van der Waals surface area (Å²) in [4.78, 5) is 23.3. The van der Waals surface area contributed by atoms with Crippen LogP contribution in [0.5, 0.6) is 0 Å². The minimum absolute atomic E-state index is 0.0931. The average Bonchev–Trinajstić information content (AvgIpc) is 2.54. The maximum atomic E-state index is 11.7. The van der Waals surface area contributed by atoms with Gasteiger partial charge in [0.25, 0.3) is 0 Å². The standard InChI is InChI=1S/C18H20O4/c1-18(9-8-16(19)15(12-18)17(20)21-2)10-11-22-13-14-6-4-3-5-7-14/h3-9,12H,10-11,13H2,1-2H3. The van der Waals surface area contributed by atoms with E-state index in [-0.39, 0.29) is 16.8 Å². The zero-order valence-corrected chi connectivity index (χ0v) is 12.9. The minimum Gasteiger partial charge on any atom is -0.465 e. The van der Waals surface area contributed by atoms with Gasteiger partial charge in [-0.3, -0.25) is 4.79 Å². The van der Waals surface area contributed by atoms with Crippen LogP contribution < -0.4 is 0 Å². The first kappa shape index (κ1) is 16.2. The molecule has 0 fully saturated rings. The van der Waals surface area contributed by atoms with E-state index in [1.807, 2.05) is 43.3 Å². The number of hydrogen-bond donors (Lipinski definition) is 0. The summed E-state index contributed by atoms with van der Waals surface area (Å²) in [6.07, 6.45) is 5.61. The normalized spacial score (nSPS) is 20.6. The van der Waals surface area contributed by atoms with E-state index in [1.54, 1.807) is 6.08 Å². The molecule has 0 amide bonds. The molecule has 1 aromatic rings. The highest BCUT2D eigenvalue weighted by Gasteiger charge is 2.29. The molecule has 0 saturated carbocycles. The van der Waals surface area contributed by atoms with Crippen LogP contribution in [0.2, 0.25) is 0 Å². The van der Waals surface area contributed by atoms with Crippen molar-refractivity contribution in [1.82, 2.24) is 0 Å². The van der Waals surface area contributed by atoms with Gasteiger partial charge < -0.3 is 9.47 Å². The van der Waals surface area contributed by atoms with Gasteiger partial charge in [-0.25, -0.2) is 4.79 Å². The lowest BCUT2D eigenvalue weighted by Crippen LogP contribution is -2.24. The van der Waals surface area contributed by atoms with Gasteiger partial charge in [0.05, 0.1) is 13.7 Å². The fraction of sp³-hybridized carbons (Fsp3) is 0.333. The topological polar surface area (TPSA) is 52.6 Å². The van der Waals surface area contributed by atoms with Crippen LogP contribution >= 0.6 is 0 Å². The number of benzene rings is 1. The predicted molar refractivity (Wildman–Crippen MR) is 83.1 cm³/mol. The molecule has 0 radical (unpaired) electrons. The molecule has 0 saturated heterocycles. The van der Waals surface area contributed by atoms with Crippen LogP contribution in [0, 0.1) is 5.41 Å². The molecule has 116 valence electrons. The summed E-state index contributed by atoms with van der Waals surface area (Å²) in [6.45, 7) is 3.05. The van der Waals surface area contributed by atoms with Crippen LogP contribution in [0.1, 0.15) is 18.9 Å². The molecule has 0 bridgehead atoms. The number of rotatable bonds is 6. The van der Waals surface area contributed by atoms with Crippen molar-refractivity contribution in [2.45, 2.75) is 20.0 Å². The zero-order chi connectivity index (χ0) is 16.0. The molecule has 4 nitrogen and oxygen atoms in total. The number of carbonyl (C=O) groups is 2. The Morgan fingerprint density at radius 1 is 1.23 bits per heavy atom. The smallest absolute Gasteiger partial charge is 0.341 e. The van der Waals surface area contributed by atoms with Gasteiger partial charge in [-0.1, -0.05) is 49.4 Å². The number of carbonyl (C=O) groups excluding carboxylic acids is 2. The van der Waals surface area contributed by atoms with Crippen LogP contribution in [0.15, 0.2) is 54.1 Å². The number of hydrogen-bond acceptors (Lipinski definition) is 4. The summed E-state index contributed by atoms with van der Waals surface area (Å²) in [7, 11) is 1.27. The van der Waals surface area contributed by atoms with Crippen molar-refractivity contribution in [3.63, 3.8) is 0 Å². The van der Waals surface area contributed by atoms with Gasteiger partial charge in [-0.15, -0.1) is 0 Å². The maximum absolute atomic E-state index is 11.7. The quantitative estimate of drug-likeness (QED) is 0.460. The van der Waals surface area contributed by atoms with Gasteiger partial charge in [-0.2, -0.15) is 0 Å². The fourth-order valence-corrected chi connectivity index (χ4v) is 2.29. The Morgan fingerprint density at radius 3 is 2.64 bits per heavy atom. The first-order valence-electron chi connectivity index (χ1n) is 7.20. The van der Waals surface area contributed by atoms with Gasteiger partial charge in [0.15, 0.2) is 5.78 Å². The van der Waals surface area contributed by atoms with E-state index in [0.29, 0.717) is 19.6 Å². The van der Waals surface area contributed by atoms with Gasteiger partial charge in [0.2, 0.25) is 0 Å². The maximum Gasteiger partial charge on any atom is 0.341 e. The van der Waals surface area contributed by atoms with E-state index in [1.165, 1.54) is 13.2 Å². The molecule has 1 aromatic carbocycles. The number of ketones is 1. The minimum atomic E-state index is -0.592. The number of esters is 1. The van der Waals surface area contributed by atoms with Crippen LogP contribution in [0.25, 0.3) is 0 Å². The fourth-order valence-electron chi connectivity index (χ4n) is 2.29. The SMILES string of the molecule is COC(=O)C1=CC(C)(CCOCc2ccccc2)C=CC1=O. The van der Waals surface area contributed by atoms with Crippen molar-refractivity contribution in [2.75, 3.05) is 13.7 Å². The van der Waals surface area contributed by atoms with E-state index >= 15 is 0 Å². The van der Waals surface area contributed by atoms with Crippen LogP contribution in [0.3, 0.4) is 0 Å². The van der Waals surface area contributed by atoms with Gasteiger partial charge >= 0.3 is 5.97 Å².